The first-order chi connectivity index (χ1) is 8.24. The molecule has 3 rings (SSSR count). The van der Waals surface area contributed by atoms with Crippen molar-refractivity contribution in [2.75, 3.05) is 0 Å². The van der Waals surface area contributed by atoms with Crippen molar-refractivity contribution in [1.29, 1.82) is 0 Å². The highest BCUT2D eigenvalue weighted by Gasteiger charge is 2.08. The summed E-state index contributed by atoms with van der Waals surface area (Å²) in [5.74, 6) is 0.734. The molecular formula is C12H7Cl2N3. The Bertz CT molecular complexity index is 691. The van der Waals surface area contributed by atoms with Crippen LogP contribution < -0.4 is 0 Å². The van der Waals surface area contributed by atoms with Gasteiger partial charge >= 0.3 is 0 Å². The molecule has 0 bridgehead atoms. The van der Waals surface area contributed by atoms with Crippen LogP contribution in [0.3, 0.4) is 0 Å². The number of nitrogens with zero attached hydrogens (tertiary/aromatic N) is 2. The number of fused-ring (bicyclic) bond motifs is 1. The SMILES string of the molecule is Clc1cccc(-c2nc3c(Cl)nccc3[nH]2)c1. The van der Waals surface area contributed by atoms with E-state index in [0.717, 1.165) is 16.9 Å². The summed E-state index contributed by atoms with van der Waals surface area (Å²) in [6.45, 7) is 0. The van der Waals surface area contributed by atoms with E-state index in [2.05, 4.69) is 15.0 Å². The summed E-state index contributed by atoms with van der Waals surface area (Å²) in [4.78, 5) is 11.6. The summed E-state index contributed by atoms with van der Waals surface area (Å²) in [5, 5.41) is 1.07. The fraction of sp³-hybridized carbons (Fsp3) is 0. The van der Waals surface area contributed by atoms with Crippen LogP contribution in [-0.2, 0) is 0 Å². The number of nitrogens with one attached hydrogen (secondary N) is 1. The largest absolute Gasteiger partial charge is 0.338 e. The molecular weight excluding hydrogens is 257 g/mol. The zero-order valence-electron chi connectivity index (χ0n) is 8.61. The lowest BCUT2D eigenvalue weighted by molar-refractivity contribution is 1.33. The minimum atomic E-state index is 0.395. The van der Waals surface area contributed by atoms with Gasteiger partial charge in [0.15, 0.2) is 5.15 Å². The van der Waals surface area contributed by atoms with Crippen LogP contribution in [0.4, 0.5) is 0 Å². The molecule has 17 heavy (non-hydrogen) atoms. The summed E-state index contributed by atoms with van der Waals surface area (Å²) < 4.78 is 0. The predicted octanol–water partition coefficient (Wildman–Crippen LogP) is 3.93. The first kappa shape index (κ1) is 10.6. The summed E-state index contributed by atoms with van der Waals surface area (Å²) in [6.07, 6.45) is 1.64. The summed E-state index contributed by atoms with van der Waals surface area (Å²) in [7, 11) is 0. The van der Waals surface area contributed by atoms with E-state index in [1.165, 1.54) is 0 Å². The molecule has 5 heteroatoms. The van der Waals surface area contributed by atoms with E-state index in [0.29, 0.717) is 15.7 Å². The molecule has 2 aromatic heterocycles. The van der Waals surface area contributed by atoms with Gasteiger partial charge in [0.05, 0.1) is 5.52 Å². The zero-order valence-corrected chi connectivity index (χ0v) is 10.1. The van der Waals surface area contributed by atoms with Crippen LogP contribution in [0.1, 0.15) is 0 Å². The predicted molar refractivity (Wildman–Crippen MR) is 69.3 cm³/mol. The van der Waals surface area contributed by atoms with Gasteiger partial charge in [0.2, 0.25) is 0 Å². The smallest absolute Gasteiger partial charge is 0.156 e. The second-order valence-corrected chi connectivity index (χ2v) is 4.39. The van der Waals surface area contributed by atoms with E-state index in [9.17, 15) is 0 Å². The van der Waals surface area contributed by atoms with Crippen LogP contribution in [0.2, 0.25) is 10.2 Å². The standard InChI is InChI=1S/C12H7Cl2N3/c13-8-3-1-2-7(6-8)12-16-9-4-5-15-11(14)10(9)17-12/h1-6H,(H,16,17). The van der Waals surface area contributed by atoms with E-state index in [1.807, 2.05) is 30.3 Å². The molecule has 0 aliphatic rings. The Balaban J connectivity index is 2.22. The van der Waals surface area contributed by atoms with E-state index in [1.54, 1.807) is 6.20 Å². The van der Waals surface area contributed by atoms with Crippen molar-refractivity contribution in [3.63, 3.8) is 0 Å². The Labute approximate surface area is 107 Å². The molecule has 0 amide bonds. The third kappa shape index (κ3) is 1.88. The number of hydrogen-bond donors (Lipinski definition) is 1. The van der Waals surface area contributed by atoms with Gasteiger partial charge in [-0.2, -0.15) is 0 Å². The number of pyridine rings is 1. The maximum atomic E-state index is 5.97. The molecule has 0 saturated carbocycles. The highest BCUT2D eigenvalue weighted by Crippen LogP contribution is 2.25. The van der Waals surface area contributed by atoms with E-state index < -0.39 is 0 Å². The number of imidazole rings is 1. The van der Waals surface area contributed by atoms with Gasteiger partial charge < -0.3 is 4.98 Å². The van der Waals surface area contributed by atoms with Gasteiger partial charge in [-0.15, -0.1) is 0 Å². The molecule has 0 fully saturated rings. The van der Waals surface area contributed by atoms with Gasteiger partial charge in [0, 0.05) is 16.8 Å². The molecule has 1 N–H and O–H groups in total. The third-order valence-corrected chi connectivity index (χ3v) is 2.97. The van der Waals surface area contributed by atoms with Crippen LogP contribution in [0.25, 0.3) is 22.4 Å². The molecule has 0 aliphatic carbocycles. The Kier molecular flexibility index (Phi) is 2.50. The van der Waals surface area contributed by atoms with E-state index in [4.69, 9.17) is 23.2 Å². The molecule has 0 radical (unpaired) electrons. The molecule has 3 nitrogen and oxygen atoms in total. The van der Waals surface area contributed by atoms with Crippen LogP contribution in [0.5, 0.6) is 0 Å². The molecule has 0 spiro atoms. The number of hydrogen-bond acceptors (Lipinski definition) is 2. The highest BCUT2D eigenvalue weighted by molar-refractivity contribution is 6.33. The van der Waals surface area contributed by atoms with Crippen molar-refractivity contribution >= 4 is 34.2 Å². The van der Waals surface area contributed by atoms with Crippen LogP contribution in [0, 0.1) is 0 Å². The van der Waals surface area contributed by atoms with Crippen LogP contribution in [0.15, 0.2) is 36.5 Å². The maximum Gasteiger partial charge on any atom is 0.156 e. The fourth-order valence-corrected chi connectivity index (χ4v) is 2.07. The molecule has 0 aliphatic heterocycles. The first-order valence-corrected chi connectivity index (χ1v) is 5.76. The summed E-state index contributed by atoms with van der Waals surface area (Å²) in [5.41, 5.74) is 2.45. The molecule has 1 aromatic carbocycles. The number of halogens is 2. The molecule has 0 atom stereocenters. The molecule has 84 valence electrons. The quantitative estimate of drug-likeness (QED) is 0.676. The molecule has 3 aromatic rings. The average Bonchev–Trinajstić information content (AvgIpc) is 2.74. The van der Waals surface area contributed by atoms with Gasteiger partial charge in [-0.05, 0) is 18.2 Å². The minimum absolute atomic E-state index is 0.395. The Morgan fingerprint density at radius 2 is 2.00 bits per heavy atom. The van der Waals surface area contributed by atoms with Crippen molar-refractivity contribution in [1.82, 2.24) is 15.0 Å². The van der Waals surface area contributed by atoms with Crippen molar-refractivity contribution in [3.05, 3.63) is 46.7 Å². The second kappa shape index (κ2) is 4.02. The lowest BCUT2D eigenvalue weighted by Crippen LogP contribution is -1.79. The van der Waals surface area contributed by atoms with Gasteiger partial charge in [-0.3, -0.25) is 0 Å². The Morgan fingerprint density at radius 3 is 2.76 bits per heavy atom. The number of benzene rings is 1. The lowest BCUT2D eigenvalue weighted by Gasteiger charge is -1.96. The maximum absolute atomic E-state index is 5.97. The number of aromatic amines is 1. The number of H-pyrrole nitrogens is 1. The van der Waals surface area contributed by atoms with Gasteiger partial charge in [0.1, 0.15) is 11.3 Å². The third-order valence-electron chi connectivity index (χ3n) is 2.45. The number of aromatic nitrogens is 3. The Hall–Kier alpha value is -1.58. The van der Waals surface area contributed by atoms with Crippen molar-refractivity contribution in [2.45, 2.75) is 0 Å². The topological polar surface area (TPSA) is 41.6 Å². The summed E-state index contributed by atoms with van der Waals surface area (Å²) in [6, 6.07) is 9.32. The summed E-state index contributed by atoms with van der Waals surface area (Å²) >= 11 is 11.9. The number of rotatable bonds is 1. The van der Waals surface area contributed by atoms with Gasteiger partial charge in [-0.25, -0.2) is 9.97 Å². The van der Waals surface area contributed by atoms with Crippen molar-refractivity contribution in [2.24, 2.45) is 0 Å². The average molecular weight is 264 g/mol. The lowest BCUT2D eigenvalue weighted by atomic mass is 10.2. The fourth-order valence-electron chi connectivity index (χ4n) is 1.68. The van der Waals surface area contributed by atoms with E-state index >= 15 is 0 Å². The second-order valence-electron chi connectivity index (χ2n) is 3.59. The highest BCUT2D eigenvalue weighted by atomic mass is 35.5. The molecule has 0 unspecified atom stereocenters. The van der Waals surface area contributed by atoms with Gasteiger partial charge in [0.25, 0.3) is 0 Å². The molecule has 2 heterocycles. The van der Waals surface area contributed by atoms with Crippen molar-refractivity contribution in [3.8, 4) is 11.4 Å². The molecule has 0 saturated heterocycles. The van der Waals surface area contributed by atoms with Crippen LogP contribution in [-0.4, -0.2) is 15.0 Å². The Morgan fingerprint density at radius 1 is 1.12 bits per heavy atom. The normalized spacial score (nSPS) is 10.9. The zero-order chi connectivity index (χ0) is 11.8. The van der Waals surface area contributed by atoms with E-state index in [-0.39, 0.29) is 0 Å². The van der Waals surface area contributed by atoms with Crippen LogP contribution >= 0.6 is 23.2 Å². The minimum Gasteiger partial charge on any atom is -0.338 e. The van der Waals surface area contributed by atoms with Gasteiger partial charge in [-0.1, -0.05) is 35.3 Å². The van der Waals surface area contributed by atoms with Crippen molar-refractivity contribution < 1.29 is 0 Å². The first-order valence-electron chi connectivity index (χ1n) is 5.00. The monoisotopic (exact) mass is 263 g/mol.